The van der Waals surface area contributed by atoms with Gasteiger partial charge in [-0.3, -0.25) is 4.79 Å². The number of likely N-dealkylation sites (N-methyl/N-ethyl adjacent to an activating group) is 1. The molecule has 0 aliphatic rings. The largest absolute Gasteiger partial charge is 0.465 e. The van der Waals surface area contributed by atoms with Crippen LogP contribution in [0.5, 0.6) is 0 Å². The molecule has 8 nitrogen and oxygen atoms in total. The Kier molecular flexibility index (Phi) is 5.28. The second-order valence-electron chi connectivity index (χ2n) is 4.36. The average molecular weight is 315 g/mol. The number of anilines is 1. The molecule has 0 unspecified atom stereocenters. The first-order valence-electron chi connectivity index (χ1n) is 5.86. The van der Waals surface area contributed by atoms with Gasteiger partial charge in [-0.25, -0.2) is 17.9 Å². The van der Waals surface area contributed by atoms with Gasteiger partial charge < -0.3 is 15.4 Å². The molecule has 0 fully saturated rings. The Morgan fingerprint density at radius 2 is 1.95 bits per heavy atom. The van der Waals surface area contributed by atoms with E-state index in [2.05, 4.69) is 9.46 Å². The van der Waals surface area contributed by atoms with E-state index >= 15 is 0 Å². The van der Waals surface area contributed by atoms with Crippen LogP contribution in [-0.2, 0) is 19.6 Å². The van der Waals surface area contributed by atoms with Crippen molar-refractivity contribution in [2.24, 2.45) is 0 Å². The molecule has 9 heteroatoms. The summed E-state index contributed by atoms with van der Waals surface area (Å²) in [5.74, 6) is -1.24. The first-order valence-corrected chi connectivity index (χ1v) is 7.35. The highest BCUT2D eigenvalue weighted by atomic mass is 32.2. The standard InChI is InChI=1S/C12H17N3O5S/c1-15(2)11(16)7-14-21(18,19)10-6-8(13)4-5-9(10)12(17)20-3/h4-6,14H,7,13H2,1-3H3. The molecule has 0 heterocycles. The van der Waals surface area contributed by atoms with E-state index < -0.39 is 28.4 Å². The SMILES string of the molecule is COC(=O)c1ccc(N)cc1S(=O)(=O)NCC(=O)N(C)C. The van der Waals surface area contributed by atoms with Gasteiger partial charge in [-0.15, -0.1) is 0 Å². The van der Waals surface area contributed by atoms with Crippen LogP contribution in [0.1, 0.15) is 10.4 Å². The molecule has 0 radical (unpaired) electrons. The molecule has 1 amide bonds. The quantitative estimate of drug-likeness (QED) is 0.554. The molecule has 1 rings (SSSR count). The maximum absolute atomic E-state index is 12.2. The molecule has 116 valence electrons. The summed E-state index contributed by atoms with van der Waals surface area (Å²) in [6.45, 7) is -0.426. The zero-order chi connectivity index (χ0) is 16.2. The summed E-state index contributed by atoms with van der Waals surface area (Å²) < 4.78 is 31.1. The number of sulfonamides is 1. The molecule has 0 aromatic heterocycles. The number of esters is 1. The van der Waals surface area contributed by atoms with Crippen LogP contribution in [0.15, 0.2) is 23.1 Å². The highest BCUT2D eigenvalue weighted by molar-refractivity contribution is 7.89. The summed E-state index contributed by atoms with van der Waals surface area (Å²) in [5.41, 5.74) is 5.56. The topological polar surface area (TPSA) is 119 Å². The van der Waals surface area contributed by atoms with Gasteiger partial charge in [0.2, 0.25) is 15.9 Å². The summed E-state index contributed by atoms with van der Waals surface area (Å²) in [5, 5.41) is 0. The molecular formula is C12H17N3O5S. The van der Waals surface area contributed by atoms with E-state index in [1.165, 1.54) is 31.1 Å². The zero-order valence-corrected chi connectivity index (χ0v) is 12.7. The molecule has 0 atom stereocenters. The van der Waals surface area contributed by atoms with Crippen LogP contribution in [0.25, 0.3) is 0 Å². The Bertz CT molecular complexity index is 655. The van der Waals surface area contributed by atoms with E-state index in [1.807, 2.05) is 0 Å². The van der Waals surface area contributed by atoms with Crippen LogP contribution < -0.4 is 10.5 Å². The molecule has 0 bridgehead atoms. The van der Waals surface area contributed by atoms with Crippen LogP contribution in [0, 0.1) is 0 Å². The minimum Gasteiger partial charge on any atom is -0.465 e. The number of rotatable bonds is 5. The number of nitrogen functional groups attached to an aromatic ring is 1. The van der Waals surface area contributed by atoms with Gasteiger partial charge in [0, 0.05) is 19.8 Å². The van der Waals surface area contributed by atoms with Gasteiger partial charge in [-0.2, -0.15) is 0 Å². The molecular weight excluding hydrogens is 298 g/mol. The minimum atomic E-state index is -4.08. The minimum absolute atomic E-state index is 0.156. The number of hydrogen-bond acceptors (Lipinski definition) is 6. The van der Waals surface area contributed by atoms with Gasteiger partial charge in [0.1, 0.15) is 0 Å². The third-order valence-electron chi connectivity index (χ3n) is 2.61. The molecule has 1 aromatic rings. The van der Waals surface area contributed by atoms with Crippen molar-refractivity contribution in [2.45, 2.75) is 4.90 Å². The Morgan fingerprint density at radius 1 is 1.33 bits per heavy atom. The fourth-order valence-electron chi connectivity index (χ4n) is 1.43. The number of nitrogens with zero attached hydrogens (tertiary/aromatic N) is 1. The number of methoxy groups -OCH3 is 1. The van der Waals surface area contributed by atoms with Gasteiger partial charge in [0.25, 0.3) is 0 Å². The fourth-order valence-corrected chi connectivity index (χ4v) is 2.63. The maximum Gasteiger partial charge on any atom is 0.339 e. The number of nitrogens with two attached hydrogens (primary N) is 1. The van der Waals surface area contributed by atoms with Gasteiger partial charge >= 0.3 is 5.97 Å². The van der Waals surface area contributed by atoms with E-state index in [4.69, 9.17) is 5.73 Å². The van der Waals surface area contributed by atoms with Crippen molar-refractivity contribution in [3.8, 4) is 0 Å². The second-order valence-corrected chi connectivity index (χ2v) is 6.10. The summed E-state index contributed by atoms with van der Waals surface area (Å²) in [6, 6.07) is 3.77. The smallest absolute Gasteiger partial charge is 0.339 e. The highest BCUT2D eigenvalue weighted by Gasteiger charge is 2.24. The van der Waals surface area contributed by atoms with Crippen molar-refractivity contribution >= 4 is 27.6 Å². The third kappa shape index (κ3) is 4.17. The van der Waals surface area contributed by atoms with Crippen LogP contribution in [0.2, 0.25) is 0 Å². The monoisotopic (exact) mass is 315 g/mol. The molecule has 0 spiro atoms. The number of carbonyl (C=O) groups is 2. The number of ether oxygens (including phenoxy) is 1. The Labute approximate surface area is 122 Å². The lowest BCUT2D eigenvalue weighted by atomic mass is 10.2. The van der Waals surface area contributed by atoms with Crippen LogP contribution in [-0.4, -0.2) is 52.9 Å². The summed E-state index contributed by atoms with van der Waals surface area (Å²) in [4.78, 5) is 24.0. The Morgan fingerprint density at radius 3 is 2.48 bits per heavy atom. The van der Waals surface area contributed by atoms with E-state index in [0.717, 1.165) is 13.2 Å². The molecule has 0 aliphatic carbocycles. The van der Waals surface area contributed by atoms with E-state index in [-0.39, 0.29) is 16.1 Å². The predicted octanol–water partition coefficient (Wildman–Crippen LogP) is -0.578. The van der Waals surface area contributed by atoms with Crippen molar-refractivity contribution in [1.82, 2.24) is 9.62 Å². The van der Waals surface area contributed by atoms with E-state index in [0.29, 0.717) is 0 Å². The normalized spacial score (nSPS) is 11.0. The lowest BCUT2D eigenvalue weighted by molar-refractivity contribution is -0.127. The van der Waals surface area contributed by atoms with Crippen LogP contribution in [0.3, 0.4) is 0 Å². The van der Waals surface area contributed by atoms with Crippen molar-refractivity contribution < 1.29 is 22.7 Å². The number of amides is 1. The van der Waals surface area contributed by atoms with Gasteiger partial charge in [0.05, 0.1) is 24.1 Å². The first-order chi connectivity index (χ1) is 9.69. The van der Waals surface area contributed by atoms with Crippen molar-refractivity contribution in [2.75, 3.05) is 33.5 Å². The third-order valence-corrected chi connectivity index (χ3v) is 4.05. The average Bonchev–Trinajstić information content (AvgIpc) is 2.43. The predicted molar refractivity (Wildman–Crippen MR) is 76.1 cm³/mol. The van der Waals surface area contributed by atoms with Crippen molar-refractivity contribution in [3.05, 3.63) is 23.8 Å². The number of hydrogen-bond donors (Lipinski definition) is 2. The molecule has 0 saturated carbocycles. The fraction of sp³-hybridized carbons (Fsp3) is 0.333. The van der Waals surface area contributed by atoms with Crippen molar-refractivity contribution in [3.63, 3.8) is 0 Å². The van der Waals surface area contributed by atoms with Crippen LogP contribution >= 0.6 is 0 Å². The lowest BCUT2D eigenvalue weighted by Gasteiger charge is -2.13. The van der Waals surface area contributed by atoms with Gasteiger partial charge in [-0.05, 0) is 18.2 Å². The zero-order valence-electron chi connectivity index (χ0n) is 11.9. The Balaban J connectivity index is 3.15. The lowest BCUT2D eigenvalue weighted by Crippen LogP contribution is -2.36. The summed E-state index contributed by atoms with van der Waals surface area (Å²) >= 11 is 0. The van der Waals surface area contributed by atoms with Gasteiger partial charge in [0.15, 0.2) is 0 Å². The van der Waals surface area contributed by atoms with Crippen LogP contribution in [0.4, 0.5) is 5.69 Å². The number of benzene rings is 1. The van der Waals surface area contributed by atoms with E-state index in [1.54, 1.807) is 0 Å². The number of carbonyl (C=O) groups excluding carboxylic acids is 2. The number of nitrogens with one attached hydrogen (secondary N) is 1. The highest BCUT2D eigenvalue weighted by Crippen LogP contribution is 2.19. The summed E-state index contributed by atoms with van der Waals surface area (Å²) in [7, 11) is 0.0556. The molecule has 0 aliphatic heterocycles. The first kappa shape index (κ1) is 16.9. The Hall–Kier alpha value is -2.13. The van der Waals surface area contributed by atoms with E-state index in [9.17, 15) is 18.0 Å². The molecule has 21 heavy (non-hydrogen) atoms. The summed E-state index contributed by atoms with van der Waals surface area (Å²) in [6.07, 6.45) is 0. The van der Waals surface area contributed by atoms with Crippen molar-refractivity contribution in [1.29, 1.82) is 0 Å². The second kappa shape index (κ2) is 6.55. The molecule has 1 aromatic carbocycles. The molecule has 0 saturated heterocycles. The maximum atomic E-state index is 12.2. The molecule has 3 N–H and O–H groups in total. The van der Waals surface area contributed by atoms with Gasteiger partial charge in [-0.1, -0.05) is 0 Å².